The van der Waals surface area contributed by atoms with Crippen LogP contribution in [0, 0.1) is 10.1 Å². The molecule has 0 unspecified atom stereocenters. The fraction of sp³-hybridized carbons (Fsp3) is 0.375. The molecule has 0 aliphatic heterocycles. The van der Waals surface area contributed by atoms with Crippen LogP contribution < -0.4 is 10.5 Å². The number of hydrogen-bond donors (Lipinski definition) is 1. The van der Waals surface area contributed by atoms with Crippen molar-refractivity contribution in [2.75, 3.05) is 18.5 Å². The van der Waals surface area contributed by atoms with Crippen molar-refractivity contribution in [1.82, 2.24) is 4.98 Å². The van der Waals surface area contributed by atoms with Crippen LogP contribution in [0.4, 0.5) is 11.4 Å². The largest absolute Gasteiger partial charge is 0.369 e. The Balaban J connectivity index is 3.36. The van der Waals surface area contributed by atoms with E-state index in [9.17, 15) is 14.9 Å². The molecule has 1 N–H and O–H groups in total. The predicted molar refractivity (Wildman–Crippen MR) is 52.7 cm³/mol. The van der Waals surface area contributed by atoms with Gasteiger partial charge in [0, 0.05) is 19.8 Å². The third kappa shape index (κ3) is 1.73. The zero-order chi connectivity index (χ0) is 10.7. The molecule has 0 saturated carbocycles. The molecule has 0 aliphatic rings. The minimum absolute atomic E-state index is 0.334. The van der Waals surface area contributed by atoms with Crippen molar-refractivity contribution in [3.63, 3.8) is 0 Å². The van der Waals surface area contributed by atoms with E-state index in [-0.39, 0.29) is 0 Å². The van der Waals surface area contributed by atoms with Crippen LogP contribution in [0.25, 0.3) is 0 Å². The summed E-state index contributed by atoms with van der Waals surface area (Å²) in [4.78, 5) is 25.1. The van der Waals surface area contributed by atoms with Crippen LogP contribution in [-0.4, -0.2) is 23.5 Å². The number of nitro groups is 1. The van der Waals surface area contributed by atoms with Gasteiger partial charge in [0.25, 0.3) is 0 Å². The molecule has 0 saturated heterocycles. The molecule has 0 fully saturated rings. The molecule has 0 spiro atoms. The van der Waals surface area contributed by atoms with Gasteiger partial charge in [0.15, 0.2) is 0 Å². The number of anilines is 1. The van der Waals surface area contributed by atoms with Crippen molar-refractivity contribution in [2.24, 2.45) is 0 Å². The molecule has 0 bridgehead atoms. The second-order valence-electron chi connectivity index (χ2n) is 2.81. The highest BCUT2D eigenvalue weighted by Gasteiger charge is 2.20. The summed E-state index contributed by atoms with van der Waals surface area (Å²) in [5.41, 5.74) is -0.745. The maximum absolute atomic E-state index is 11.2. The van der Waals surface area contributed by atoms with Crippen molar-refractivity contribution >= 4 is 11.4 Å². The Kier molecular flexibility index (Phi) is 2.85. The molecular formula is C8H11N3O3. The van der Waals surface area contributed by atoms with Gasteiger partial charge in [-0.2, -0.15) is 0 Å². The van der Waals surface area contributed by atoms with E-state index in [1.165, 1.54) is 12.3 Å². The molecule has 76 valence electrons. The van der Waals surface area contributed by atoms with Crippen LogP contribution in [-0.2, 0) is 0 Å². The van der Waals surface area contributed by atoms with Gasteiger partial charge in [-0.25, -0.2) is 0 Å². The van der Waals surface area contributed by atoms with E-state index in [0.29, 0.717) is 12.2 Å². The van der Waals surface area contributed by atoms with Crippen LogP contribution >= 0.6 is 0 Å². The maximum Gasteiger partial charge on any atom is 0.356 e. The SMILES string of the molecule is CCN(C)c1cc[nH]c(=O)c1[N+](=O)[O-]. The number of aromatic amines is 1. The molecule has 0 aromatic carbocycles. The molecule has 1 aromatic heterocycles. The molecule has 6 heteroatoms. The summed E-state index contributed by atoms with van der Waals surface area (Å²) in [5, 5.41) is 10.6. The van der Waals surface area contributed by atoms with Crippen molar-refractivity contribution in [2.45, 2.75) is 6.92 Å². The highest BCUT2D eigenvalue weighted by molar-refractivity contribution is 5.60. The number of H-pyrrole nitrogens is 1. The number of pyridine rings is 1. The minimum Gasteiger partial charge on any atom is -0.369 e. The Morgan fingerprint density at radius 3 is 2.79 bits per heavy atom. The van der Waals surface area contributed by atoms with Crippen molar-refractivity contribution in [3.05, 3.63) is 32.7 Å². The molecule has 0 radical (unpaired) electrons. The van der Waals surface area contributed by atoms with Crippen molar-refractivity contribution in [1.29, 1.82) is 0 Å². The first-order valence-corrected chi connectivity index (χ1v) is 4.15. The second-order valence-corrected chi connectivity index (χ2v) is 2.81. The van der Waals surface area contributed by atoms with E-state index >= 15 is 0 Å². The number of hydrogen-bond acceptors (Lipinski definition) is 4. The summed E-state index contributed by atoms with van der Waals surface area (Å²) in [5.74, 6) is 0. The molecule has 0 atom stereocenters. The van der Waals surface area contributed by atoms with Gasteiger partial charge in [-0.05, 0) is 13.0 Å². The van der Waals surface area contributed by atoms with Crippen molar-refractivity contribution in [3.8, 4) is 0 Å². The molecule has 14 heavy (non-hydrogen) atoms. The summed E-state index contributed by atoms with van der Waals surface area (Å²) >= 11 is 0. The summed E-state index contributed by atoms with van der Waals surface area (Å²) < 4.78 is 0. The van der Waals surface area contributed by atoms with Crippen LogP contribution in [0.3, 0.4) is 0 Å². The van der Waals surface area contributed by atoms with E-state index in [0.717, 1.165) is 0 Å². The third-order valence-corrected chi connectivity index (χ3v) is 1.98. The Hall–Kier alpha value is -1.85. The maximum atomic E-state index is 11.2. The first-order chi connectivity index (χ1) is 6.57. The highest BCUT2D eigenvalue weighted by atomic mass is 16.6. The Labute approximate surface area is 80.3 Å². The number of nitrogens with one attached hydrogen (secondary N) is 1. The first kappa shape index (κ1) is 10.2. The Morgan fingerprint density at radius 2 is 2.29 bits per heavy atom. The van der Waals surface area contributed by atoms with Crippen LogP contribution in [0.15, 0.2) is 17.1 Å². The second kappa shape index (κ2) is 3.91. The molecular weight excluding hydrogens is 186 g/mol. The highest BCUT2D eigenvalue weighted by Crippen LogP contribution is 2.21. The number of rotatable bonds is 3. The molecule has 0 aliphatic carbocycles. The molecule has 1 aromatic rings. The van der Waals surface area contributed by atoms with Crippen LogP contribution in [0.5, 0.6) is 0 Å². The normalized spacial score (nSPS) is 9.86. The van der Waals surface area contributed by atoms with E-state index in [4.69, 9.17) is 0 Å². The average molecular weight is 197 g/mol. The predicted octanol–water partition coefficient (Wildman–Crippen LogP) is 0.739. The smallest absolute Gasteiger partial charge is 0.356 e. The Morgan fingerprint density at radius 1 is 1.64 bits per heavy atom. The van der Waals surface area contributed by atoms with Gasteiger partial charge in [-0.3, -0.25) is 14.9 Å². The summed E-state index contributed by atoms with van der Waals surface area (Å²) in [6, 6.07) is 1.52. The molecule has 0 amide bonds. The standard InChI is InChI=1S/C8H11N3O3/c1-3-10(2)6-4-5-9-8(12)7(6)11(13)14/h4-5H,3H2,1-2H3,(H,9,12). The van der Waals surface area contributed by atoms with Gasteiger partial charge >= 0.3 is 11.2 Å². The lowest BCUT2D eigenvalue weighted by Crippen LogP contribution is -2.21. The lowest BCUT2D eigenvalue weighted by molar-refractivity contribution is -0.385. The van der Waals surface area contributed by atoms with E-state index < -0.39 is 16.2 Å². The number of aromatic nitrogens is 1. The number of nitrogens with zero attached hydrogens (tertiary/aromatic N) is 2. The fourth-order valence-electron chi connectivity index (χ4n) is 1.11. The van der Waals surface area contributed by atoms with Crippen LogP contribution in [0.2, 0.25) is 0 Å². The van der Waals surface area contributed by atoms with E-state index in [1.807, 2.05) is 6.92 Å². The summed E-state index contributed by atoms with van der Waals surface area (Å²) in [7, 11) is 1.70. The summed E-state index contributed by atoms with van der Waals surface area (Å²) in [6.07, 6.45) is 1.40. The quantitative estimate of drug-likeness (QED) is 0.572. The lowest BCUT2D eigenvalue weighted by Gasteiger charge is -2.15. The summed E-state index contributed by atoms with van der Waals surface area (Å²) in [6.45, 7) is 2.45. The van der Waals surface area contributed by atoms with Gasteiger partial charge in [0.05, 0.1) is 4.92 Å². The Bertz CT molecular complexity index is 399. The average Bonchev–Trinajstić information content (AvgIpc) is 2.15. The van der Waals surface area contributed by atoms with Gasteiger partial charge < -0.3 is 9.88 Å². The molecule has 1 rings (SSSR count). The fourth-order valence-corrected chi connectivity index (χ4v) is 1.11. The van der Waals surface area contributed by atoms with Crippen LogP contribution in [0.1, 0.15) is 6.92 Å². The van der Waals surface area contributed by atoms with E-state index in [1.54, 1.807) is 11.9 Å². The van der Waals surface area contributed by atoms with Gasteiger partial charge in [-0.1, -0.05) is 0 Å². The molecule has 6 nitrogen and oxygen atoms in total. The van der Waals surface area contributed by atoms with Gasteiger partial charge in [-0.15, -0.1) is 0 Å². The minimum atomic E-state index is -0.673. The topological polar surface area (TPSA) is 79.2 Å². The van der Waals surface area contributed by atoms with Crippen molar-refractivity contribution < 1.29 is 4.92 Å². The monoisotopic (exact) mass is 197 g/mol. The zero-order valence-electron chi connectivity index (χ0n) is 7.98. The molecule has 1 heterocycles. The lowest BCUT2D eigenvalue weighted by atomic mass is 10.3. The van der Waals surface area contributed by atoms with Gasteiger partial charge in [0.2, 0.25) is 0 Å². The first-order valence-electron chi connectivity index (χ1n) is 4.15. The van der Waals surface area contributed by atoms with E-state index in [2.05, 4.69) is 4.98 Å². The third-order valence-electron chi connectivity index (χ3n) is 1.98. The van der Waals surface area contributed by atoms with Gasteiger partial charge in [0.1, 0.15) is 5.69 Å². The zero-order valence-corrected chi connectivity index (χ0v) is 7.98.